The van der Waals surface area contributed by atoms with Crippen LogP contribution in [0.25, 0.3) is 0 Å². The molecule has 3 aromatic rings. The third kappa shape index (κ3) is 13.4. The van der Waals surface area contributed by atoms with Crippen LogP contribution in [0.4, 0.5) is 5.69 Å². The Hall–Kier alpha value is -3.16. The number of aromatic nitrogens is 6. The Morgan fingerprint density at radius 2 is 1.22 bits per heavy atom. The topological polar surface area (TPSA) is 194 Å². The molecule has 0 aliphatic heterocycles. The highest BCUT2D eigenvalue weighted by molar-refractivity contribution is 7.86. The zero-order chi connectivity index (χ0) is 33.5. The maximum absolute atomic E-state index is 11.1. The molecule has 45 heavy (non-hydrogen) atoms. The number of hydrogen-bond donors (Lipinski definition) is 3. The summed E-state index contributed by atoms with van der Waals surface area (Å²) in [6.45, 7) is 6.21. The second-order valence-electron chi connectivity index (χ2n) is 12.8. The molecule has 18 heteroatoms. The van der Waals surface area contributed by atoms with E-state index in [2.05, 4.69) is 25.5 Å². The molecule has 0 spiro atoms. The Bertz CT molecular complexity index is 1530. The van der Waals surface area contributed by atoms with E-state index >= 15 is 0 Å². The van der Waals surface area contributed by atoms with Gasteiger partial charge in [-0.1, -0.05) is 16.5 Å². The number of quaternary nitrogens is 2. The van der Waals surface area contributed by atoms with Crippen LogP contribution in [-0.4, -0.2) is 136 Å². The third-order valence-electron chi connectivity index (χ3n) is 7.44. The van der Waals surface area contributed by atoms with Crippen molar-refractivity contribution in [2.45, 2.75) is 45.9 Å². The summed E-state index contributed by atoms with van der Waals surface area (Å²) in [7, 11) is -0.117. The van der Waals surface area contributed by atoms with Gasteiger partial charge in [0.15, 0.2) is 0 Å². The van der Waals surface area contributed by atoms with E-state index in [9.17, 15) is 21.9 Å². The van der Waals surface area contributed by atoms with Crippen LogP contribution in [0, 0.1) is 6.92 Å². The average molecular weight is 674 g/mol. The molecular weight excluding hydrogens is 626 g/mol. The second-order valence-corrected chi connectivity index (χ2v) is 16.0. The zero-order valence-corrected chi connectivity index (χ0v) is 28.3. The normalized spacial score (nSPS) is 13.0. The fourth-order valence-electron chi connectivity index (χ4n) is 5.04. The fraction of sp³-hybridized carbons (Fsp3) is 0.630. The van der Waals surface area contributed by atoms with Gasteiger partial charge in [0.1, 0.15) is 30.2 Å². The summed E-state index contributed by atoms with van der Waals surface area (Å²) in [5, 5.41) is 27.5. The molecule has 252 valence electrons. The van der Waals surface area contributed by atoms with Gasteiger partial charge in [-0.15, -0.1) is 10.2 Å². The van der Waals surface area contributed by atoms with Crippen molar-refractivity contribution in [2.24, 2.45) is 0 Å². The van der Waals surface area contributed by atoms with Crippen molar-refractivity contribution in [3.8, 4) is 5.75 Å². The molecule has 0 amide bonds. The monoisotopic (exact) mass is 673 g/mol. The Labute approximate surface area is 265 Å². The van der Waals surface area contributed by atoms with Crippen LogP contribution in [0.3, 0.4) is 0 Å². The van der Waals surface area contributed by atoms with Crippen LogP contribution in [0.1, 0.15) is 29.8 Å². The summed E-state index contributed by atoms with van der Waals surface area (Å²) < 4.78 is 66.7. The van der Waals surface area contributed by atoms with E-state index < -0.39 is 20.2 Å². The lowest BCUT2D eigenvalue weighted by atomic mass is 10.2. The summed E-state index contributed by atoms with van der Waals surface area (Å²) in [5.74, 6) is -0.358. The van der Waals surface area contributed by atoms with Gasteiger partial charge in [-0.3, -0.25) is 18.5 Å². The number of nitrogens with zero attached hydrogens (tertiary/aromatic N) is 9. The van der Waals surface area contributed by atoms with E-state index in [-0.39, 0.29) is 17.3 Å². The standard InChI is InChI=1S/C27H45N9O7S2/c1-23-8-9-26(18-27(23)37)32(10-12-33-19-24(28-30-33)21-35(2,3)14-6-16-44(38,39)40)11-13-34-20-25(29-31-34)22-36(4,5)15-7-17-45(41,42)43/h8-9,18-20H,6-7,10-17,21-22H2,1-5H3,(H-2,37,38,39,40,41,42,43)/p+2. The van der Waals surface area contributed by atoms with Crippen molar-refractivity contribution in [3.63, 3.8) is 0 Å². The van der Waals surface area contributed by atoms with Crippen molar-refractivity contribution >= 4 is 25.9 Å². The Morgan fingerprint density at radius 3 is 1.62 bits per heavy atom. The van der Waals surface area contributed by atoms with Crippen LogP contribution in [0.2, 0.25) is 0 Å². The molecular formula is C27H47N9O7S2+2. The van der Waals surface area contributed by atoms with Crippen LogP contribution in [0.15, 0.2) is 30.6 Å². The zero-order valence-electron chi connectivity index (χ0n) is 26.7. The Morgan fingerprint density at radius 1 is 0.778 bits per heavy atom. The maximum atomic E-state index is 11.1. The van der Waals surface area contributed by atoms with Gasteiger partial charge in [-0.25, -0.2) is 0 Å². The number of rotatable bonds is 19. The Balaban J connectivity index is 1.61. The molecule has 16 nitrogen and oxygen atoms in total. The maximum Gasteiger partial charge on any atom is 0.265 e. The molecule has 0 bridgehead atoms. The minimum Gasteiger partial charge on any atom is -0.508 e. The summed E-state index contributed by atoms with van der Waals surface area (Å²) in [6, 6.07) is 5.55. The van der Waals surface area contributed by atoms with Crippen molar-refractivity contribution in [2.75, 3.05) is 70.8 Å². The van der Waals surface area contributed by atoms with Gasteiger partial charge in [0.2, 0.25) is 0 Å². The van der Waals surface area contributed by atoms with Crippen molar-refractivity contribution in [1.29, 1.82) is 0 Å². The first kappa shape index (κ1) is 36.3. The van der Waals surface area contributed by atoms with Gasteiger partial charge in [-0.2, -0.15) is 16.8 Å². The number of hydrogen-bond acceptors (Lipinski definition) is 10. The first-order valence-electron chi connectivity index (χ1n) is 14.7. The van der Waals surface area contributed by atoms with E-state index in [0.717, 1.165) is 22.6 Å². The second kappa shape index (κ2) is 15.0. The molecule has 1 aromatic carbocycles. The van der Waals surface area contributed by atoms with Gasteiger partial charge in [0.25, 0.3) is 20.2 Å². The molecule has 2 heterocycles. The van der Waals surface area contributed by atoms with Gasteiger partial charge >= 0.3 is 0 Å². The lowest BCUT2D eigenvalue weighted by molar-refractivity contribution is -0.903. The van der Waals surface area contributed by atoms with E-state index in [4.69, 9.17) is 9.11 Å². The molecule has 2 aromatic heterocycles. The number of phenolic OH excluding ortho intramolecular Hbond substituents is 1. The summed E-state index contributed by atoms with van der Waals surface area (Å²) in [5.41, 5.74) is 3.14. The van der Waals surface area contributed by atoms with E-state index in [1.165, 1.54) is 0 Å². The van der Waals surface area contributed by atoms with Gasteiger partial charge in [0.05, 0.1) is 78.3 Å². The third-order valence-corrected chi connectivity index (χ3v) is 9.05. The quantitative estimate of drug-likeness (QED) is 0.120. The number of aryl methyl sites for hydroxylation is 1. The molecule has 0 unspecified atom stereocenters. The molecule has 0 aliphatic carbocycles. The fourth-order valence-corrected chi connectivity index (χ4v) is 6.02. The van der Waals surface area contributed by atoms with Gasteiger partial charge in [0, 0.05) is 37.7 Å². The van der Waals surface area contributed by atoms with Crippen LogP contribution in [0.5, 0.6) is 5.75 Å². The Kier molecular flexibility index (Phi) is 12.1. The average Bonchev–Trinajstić information content (AvgIpc) is 3.52. The first-order chi connectivity index (χ1) is 20.8. The molecule has 0 saturated carbocycles. The van der Waals surface area contributed by atoms with E-state index in [1.807, 2.05) is 59.6 Å². The first-order valence-corrected chi connectivity index (χ1v) is 17.9. The minimum atomic E-state index is -3.99. The smallest absolute Gasteiger partial charge is 0.265 e. The molecule has 0 radical (unpaired) electrons. The van der Waals surface area contributed by atoms with Crippen molar-refractivity contribution in [3.05, 3.63) is 47.5 Å². The summed E-state index contributed by atoms with van der Waals surface area (Å²) in [4.78, 5) is 2.12. The van der Waals surface area contributed by atoms with Crippen molar-refractivity contribution < 1.29 is 40.0 Å². The minimum absolute atomic E-state index is 0.201. The lowest BCUT2D eigenvalue weighted by Gasteiger charge is -2.28. The van der Waals surface area contributed by atoms with Gasteiger partial charge in [-0.05, 0) is 18.6 Å². The van der Waals surface area contributed by atoms with Crippen LogP contribution < -0.4 is 4.90 Å². The van der Waals surface area contributed by atoms with Crippen LogP contribution in [-0.2, 0) is 46.4 Å². The molecule has 3 N–H and O–H groups in total. The van der Waals surface area contributed by atoms with E-state index in [1.54, 1.807) is 15.4 Å². The van der Waals surface area contributed by atoms with Crippen LogP contribution >= 0.6 is 0 Å². The summed E-state index contributed by atoms with van der Waals surface area (Å²) in [6.07, 6.45) is 4.40. The predicted molar refractivity (Wildman–Crippen MR) is 169 cm³/mol. The highest BCUT2D eigenvalue weighted by Crippen LogP contribution is 2.24. The highest BCUT2D eigenvalue weighted by Gasteiger charge is 2.21. The molecule has 0 fully saturated rings. The molecule has 0 atom stereocenters. The molecule has 0 aliphatic rings. The SMILES string of the molecule is Cc1ccc(N(CCn2cc(C[N+](C)(C)CCCS(=O)(=O)O)nn2)CCn2cc(C[N+](C)(C)CCCS(=O)(=O)O)nn2)cc1O. The lowest BCUT2D eigenvalue weighted by Crippen LogP contribution is -2.40. The highest BCUT2D eigenvalue weighted by atomic mass is 32.2. The number of benzene rings is 1. The predicted octanol–water partition coefficient (Wildman–Crippen LogP) is 0.799. The largest absolute Gasteiger partial charge is 0.508 e. The van der Waals surface area contributed by atoms with E-state index in [0.29, 0.717) is 74.2 Å². The number of phenols is 1. The molecule has 0 saturated heterocycles. The summed E-state index contributed by atoms with van der Waals surface area (Å²) >= 11 is 0. The van der Waals surface area contributed by atoms with Gasteiger partial charge < -0.3 is 19.0 Å². The molecule has 3 rings (SSSR count). The number of anilines is 1. The van der Waals surface area contributed by atoms with Crippen molar-refractivity contribution in [1.82, 2.24) is 30.0 Å². The number of aromatic hydroxyl groups is 1.